The zero-order chi connectivity index (χ0) is 17.9. The molecule has 0 aliphatic carbocycles. The van der Waals surface area contributed by atoms with Gasteiger partial charge in [-0.1, -0.05) is 24.3 Å². The number of para-hydroxylation sites is 1. The second-order valence-electron chi connectivity index (χ2n) is 5.92. The van der Waals surface area contributed by atoms with Crippen LogP contribution in [0.3, 0.4) is 0 Å². The first-order valence-corrected chi connectivity index (χ1v) is 10.1. The highest BCUT2D eigenvalue weighted by molar-refractivity contribution is 7.99. The fourth-order valence-electron chi connectivity index (χ4n) is 3.07. The van der Waals surface area contributed by atoms with Gasteiger partial charge in [-0.05, 0) is 29.6 Å². The molecule has 1 aliphatic heterocycles. The van der Waals surface area contributed by atoms with Crippen LogP contribution in [-0.4, -0.2) is 19.9 Å². The number of hydrogen-bond donors (Lipinski definition) is 0. The Morgan fingerprint density at radius 2 is 1.88 bits per heavy atom. The van der Waals surface area contributed by atoms with Crippen LogP contribution < -0.4 is 9.47 Å². The van der Waals surface area contributed by atoms with Crippen LogP contribution in [0.25, 0.3) is 0 Å². The van der Waals surface area contributed by atoms with Crippen molar-refractivity contribution in [3.8, 4) is 11.5 Å². The summed E-state index contributed by atoms with van der Waals surface area (Å²) in [6.07, 6.45) is 0.850. The Balaban J connectivity index is 1.80. The lowest BCUT2D eigenvalue weighted by Crippen LogP contribution is -2.05. The van der Waals surface area contributed by atoms with E-state index in [0.29, 0.717) is 0 Å². The lowest BCUT2D eigenvalue weighted by atomic mass is 10.0. The van der Waals surface area contributed by atoms with Gasteiger partial charge in [0.25, 0.3) is 0 Å². The largest absolute Gasteiger partial charge is 0.497 e. The number of fused-ring (bicyclic) bond motifs is 1. The van der Waals surface area contributed by atoms with E-state index in [-0.39, 0.29) is 5.25 Å². The summed E-state index contributed by atoms with van der Waals surface area (Å²) in [5, 5.41) is 2.32. The van der Waals surface area contributed by atoms with Crippen molar-refractivity contribution in [3.63, 3.8) is 0 Å². The van der Waals surface area contributed by atoms with Gasteiger partial charge in [-0.15, -0.1) is 23.1 Å². The van der Waals surface area contributed by atoms with Crippen molar-refractivity contribution in [2.24, 2.45) is 4.99 Å². The minimum absolute atomic E-state index is 0.223. The van der Waals surface area contributed by atoms with E-state index in [1.165, 1.54) is 15.3 Å². The third-order valence-corrected chi connectivity index (χ3v) is 6.58. The predicted octanol–water partition coefficient (Wildman–Crippen LogP) is 6.12. The molecule has 1 aliphatic rings. The maximum absolute atomic E-state index is 5.67. The molecule has 0 fully saturated rings. The average Bonchev–Trinajstić information content (AvgIpc) is 3.15. The lowest BCUT2D eigenvalue weighted by molar-refractivity contribution is 0.391. The van der Waals surface area contributed by atoms with Crippen LogP contribution in [0.15, 0.2) is 69.9 Å². The second-order valence-corrected chi connectivity index (χ2v) is 8.11. The Morgan fingerprint density at radius 3 is 2.65 bits per heavy atom. The van der Waals surface area contributed by atoms with E-state index in [0.717, 1.165) is 29.3 Å². The van der Waals surface area contributed by atoms with Crippen LogP contribution in [0.2, 0.25) is 0 Å². The van der Waals surface area contributed by atoms with Crippen LogP contribution in [0.5, 0.6) is 11.5 Å². The van der Waals surface area contributed by atoms with Crippen LogP contribution in [-0.2, 0) is 0 Å². The number of thiophene rings is 1. The molecule has 0 saturated carbocycles. The fourth-order valence-corrected chi connectivity index (χ4v) is 5.05. The summed E-state index contributed by atoms with van der Waals surface area (Å²) in [5.41, 5.74) is 3.33. The van der Waals surface area contributed by atoms with Gasteiger partial charge in [-0.2, -0.15) is 0 Å². The molecule has 1 atom stereocenters. The zero-order valence-corrected chi connectivity index (χ0v) is 16.3. The molecule has 0 spiro atoms. The number of hydrogen-bond acceptors (Lipinski definition) is 5. The molecule has 3 nitrogen and oxygen atoms in total. The molecule has 0 amide bonds. The highest BCUT2D eigenvalue weighted by atomic mass is 32.2. The van der Waals surface area contributed by atoms with Crippen LogP contribution in [0.4, 0.5) is 5.69 Å². The SMILES string of the molecule is COc1ccc(C2CC(c3cccs3)=Nc3ccccc3S2)c(OC)c1. The number of nitrogens with zero attached hydrogens (tertiary/aromatic N) is 1. The zero-order valence-electron chi connectivity index (χ0n) is 14.6. The highest BCUT2D eigenvalue weighted by Gasteiger charge is 2.25. The molecule has 132 valence electrons. The Kier molecular flexibility index (Phi) is 5.00. The van der Waals surface area contributed by atoms with Crippen LogP contribution >= 0.6 is 23.1 Å². The summed E-state index contributed by atoms with van der Waals surface area (Å²) in [6.45, 7) is 0. The Labute approximate surface area is 161 Å². The summed E-state index contributed by atoms with van der Waals surface area (Å²) in [5.74, 6) is 1.66. The van der Waals surface area contributed by atoms with Crippen molar-refractivity contribution in [2.45, 2.75) is 16.6 Å². The fraction of sp³-hybridized carbons (Fsp3) is 0.190. The van der Waals surface area contributed by atoms with E-state index >= 15 is 0 Å². The maximum Gasteiger partial charge on any atom is 0.126 e. The van der Waals surface area contributed by atoms with E-state index in [2.05, 4.69) is 41.8 Å². The number of benzene rings is 2. The Bertz CT molecular complexity index is 935. The quantitative estimate of drug-likeness (QED) is 0.545. The number of rotatable bonds is 4. The molecule has 2 heterocycles. The third kappa shape index (κ3) is 3.37. The van der Waals surface area contributed by atoms with E-state index in [1.54, 1.807) is 25.6 Å². The monoisotopic (exact) mass is 381 g/mol. The molecule has 0 saturated heterocycles. The molecule has 0 N–H and O–H groups in total. The summed E-state index contributed by atoms with van der Waals surface area (Å²) >= 11 is 3.58. The maximum atomic E-state index is 5.67. The first kappa shape index (κ1) is 17.2. The molecule has 1 unspecified atom stereocenters. The molecule has 0 radical (unpaired) electrons. The van der Waals surface area contributed by atoms with Gasteiger partial charge >= 0.3 is 0 Å². The molecular formula is C21H19NO2S2. The summed E-state index contributed by atoms with van der Waals surface area (Å²) in [7, 11) is 3.38. The summed E-state index contributed by atoms with van der Waals surface area (Å²) in [4.78, 5) is 7.41. The molecule has 26 heavy (non-hydrogen) atoms. The second kappa shape index (κ2) is 7.56. The predicted molar refractivity (Wildman–Crippen MR) is 110 cm³/mol. The van der Waals surface area contributed by atoms with Gasteiger partial charge in [0, 0.05) is 33.1 Å². The summed E-state index contributed by atoms with van der Waals surface area (Å²) < 4.78 is 11.0. The average molecular weight is 382 g/mol. The number of methoxy groups -OCH3 is 2. The molecule has 3 aromatic rings. The van der Waals surface area contributed by atoms with Gasteiger partial charge in [0.1, 0.15) is 11.5 Å². The van der Waals surface area contributed by atoms with Gasteiger partial charge in [-0.3, -0.25) is 4.99 Å². The Hall–Kier alpha value is -2.24. The lowest BCUT2D eigenvalue weighted by Gasteiger charge is -2.19. The number of thioether (sulfide) groups is 1. The smallest absolute Gasteiger partial charge is 0.126 e. The number of aliphatic imine (C=N–C) groups is 1. The van der Waals surface area contributed by atoms with Crippen molar-refractivity contribution in [2.75, 3.05) is 14.2 Å². The van der Waals surface area contributed by atoms with Crippen molar-refractivity contribution >= 4 is 34.5 Å². The molecule has 1 aromatic heterocycles. The minimum atomic E-state index is 0.223. The molecule has 5 heteroatoms. The van der Waals surface area contributed by atoms with E-state index in [1.807, 2.05) is 30.0 Å². The van der Waals surface area contributed by atoms with Gasteiger partial charge in [0.15, 0.2) is 0 Å². The molecule has 0 bridgehead atoms. The first-order valence-electron chi connectivity index (χ1n) is 8.37. The third-order valence-electron chi connectivity index (χ3n) is 4.36. The van der Waals surface area contributed by atoms with E-state index < -0.39 is 0 Å². The van der Waals surface area contributed by atoms with Crippen LogP contribution in [0, 0.1) is 0 Å². The first-order chi connectivity index (χ1) is 12.8. The van der Waals surface area contributed by atoms with E-state index in [4.69, 9.17) is 14.5 Å². The van der Waals surface area contributed by atoms with Crippen molar-refractivity contribution in [1.29, 1.82) is 0 Å². The van der Waals surface area contributed by atoms with Gasteiger partial charge in [-0.25, -0.2) is 0 Å². The molecule has 2 aromatic carbocycles. The summed E-state index contributed by atoms with van der Waals surface area (Å²) in [6, 6.07) is 18.6. The van der Waals surface area contributed by atoms with Crippen molar-refractivity contribution in [3.05, 3.63) is 70.4 Å². The van der Waals surface area contributed by atoms with Gasteiger partial charge in [0.2, 0.25) is 0 Å². The van der Waals surface area contributed by atoms with Crippen molar-refractivity contribution < 1.29 is 9.47 Å². The van der Waals surface area contributed by atoms with Gasteiger partial charge < -0.3 is 9.47 Å². The van der Waals surface area contributed by atoms with Crippen LogP contribution in [0.1, 0.15) is 22.1 Å². The highest BCUT2D eigenvalue weighted by Crippen LogP contribution is 2.48. The van der Waals surface area contributed by atoms with Gasteiger partial charge in [0.05, 0.1) is 25.6 Å². The molecular weight excluding hydrogens is 362 g/mol. The normalized spacial score (nSPS) is 16.4. The Morgan fingerprint density at radius 1 is 1.00 bits per heavy atom. The molecule has 4 rings (SSSR count). The van der Waals surface area contributed by atoms with Crippen molar-refractivity contribution in [1.82, 2.24) is 0 Å². The number of ether oxygens (including phenoxy) is 2. The topological polar surface area (TPSA) is 30.8 Å². The minimum Gasteiger partial charge on any atom is -0.497 e. The standard InChI is InChI=1S/C21H19NO2S2/c1-23-14-9-10-15(18(12-14)24-2)21-13-17(19-8-5-11-25-19)22-16-6-3-4-7-20(16)26-21/h3-12,21H,13H2,1-2H3. The van der Waals surface area contributed by atoms with E-state index in [9.17, 15) is 0 Å².